The molecule has 0 aliphatic carbocycles. The summed E-state index contributed by atoms with van der Waals surface area (Å²) in [4.78, 5) is 0. The van der Waals surface area contributed by atoms with Crippen molar-refractivity contribution in [2.45, 2.75) is 26.3 Å². The van der Waals surface area contributed by atoms with E-state index in [9.17, 15) is 0 Å². The first-order valence-electron chi connectivity index (χ1n) is 2.66. The molecule has 0 saturated carbocycles. The highest BCUT2D eigenvalue weighted by Crippen LogP contribution is 1.94. The van der Waals surface area contributed by atoms with Crippen molar-refractivity contribution in [1.29, 1.82) is 0 Å². The van der Waals surface area contributed by atoms with Crippen LogP contribution in [0.5, 0.6) is 0 Å². The third-order valence-corrected chi connectivity index (χ3v) is 0.655. The van der Waals surface area contributed by atoms with Gasteiger partial charge in [0.1, 0.15) is 0 Å². The average Bonchev–Trinajstić information content (AvgIpc) is 1.30. The van der Waals surface area contributed by atoms with Crippen LogP contribution in [0.1, 0.15) is 20.8 Å². The van der Waals surface area contributed by atoms with Gasteiger partial charge in [-0.2, -0.15) is 0 Å². The van der Waals surface area contributed by atoms with Crippen molar-refractivity contribution in [3.63, 3.8) is 0 Å². The van der Waals surface area contributed by atoms with Crippen molar-refractivity contribution >= 4 is 0 Å². The summed E-state index contributed by atoms with van der Waals surface area (Å²) in [6.45, 7) is 11.0. The van der Waals surface area contributed by atoms with E-state index in [-0.39, 0.29) is 5.54 Å². The normalized spacial score (nSPS) is 12.0. The van der Waals surface area contributed by atoms with Crippen molar-refractivity contribution in [3.8, 4) is 0 Å². The molecule has 0 aliphatic heterocycles. The fourth-order valence-corrected chi connectivity index (χ4v) is 0.479. The highest BCUT2D eigenvalue weighted by Gasteiger charge is 2.04. The Hall–Kier alpha value is -0.0400. The Kier molecular flexibility index (Phi) is 2.30. The average molecular weight is 100 g/mol. The standard InChI is InChI=1S/C6H14N/c1-5-7-6(2,3)4/h7H,2,5H2,1,3-4H3. The first-order valence-corrected chi connectivity index (χ1v) is 2.66. The molecular formula is C6H14N. The SMILES string of the molecule is [CH2]C(C)(C)NCC. The molecule has 0 aliphatic rings. The van der Waals surface area contributed by atoms with Gasteiger partial charge in [0.2, 0.25) is 0 Å². The van der Waals surface area contributed by atoms with Gasteiger partial charge >= 0.3 is 0 Å². The van der Waals surface area contributed by atoms with Gasteiger partial charge in [-0.05, 0) is 27.3 Å². The summed E-state index contributed by atoms with van der Waals surface area (Å²) < 4.78 is 0. The molecule has 0 saturated heterocycles. The number of rotatable bonds is 2. The van der Waals surface area contributed by atoms with Gasteiger partial charge in [0, 0.05) is 5.54 Å². The van der Waals surface area contributed by atoms with E-state index in [0.29, 0.717) is 0 Å². The molecule has 0 aromatic heterocycles. The molecule has 0 heterocycles. The van der Waals surface area contributed by atoms with Gasteiger partial charge in [0.25, 0.3) is 0 Å². The zero-order valence-corrected chi connectivity index (χ0v) is 5.41. The van der Waals surface area contributed by atoms with Crippen LogP contribution in [0.25, 0.3) is 0 Å². The number of nitrogens with one attached hydrogen (secondary N) is 1. The molecule has 0 amide bonds. The summed E-state index contributed by atoms with van der Waals surface area (Å²) in [6, 6.07) is 0. The molecule has 0 rings (SSSR count). The Labute approximate surface area is 46.1 Å². The molecule has 0 bridgehead atoms. The third-order valence-electron chi connectivity index (χ3n) is 0.655. The zero-order chi connectivity index (χ0) is 5.91. The summed E-state index contributed by atoms with van der Waals surface area (Å²) in [7, 11) is 0. The Morgan fingerprint density at radius 3 is 2.00 bits per heavy atom. The second-order valence-electron chi connectivity index (χ2n) is 2.41. The molecule has 0 unspecified atom stereocenters. The predicted molar refractivity (Wildman–Crippen MR) is 33.1 cm³/mol. The van der Waals surface area contributed by atoms with Crippen LogP contribution in [0.2, 0.25) is 0 Å². The van der Waals surface area contributed by atoms with Crippen molar-refractivity contribution in [3.05, 3.63) is 6.92 Å². The minimum atomic E-state index is 0.0503. The van der Waals surface area contributed by atoms with Crippen LogP contribution in [0.15, 0.2) is 0 Å². The molecule has 0 spiro atoms. The largest absolute Gasteiger partial charge is 0.312 e. The van der Waals surface area contributed by atoms with E-state index in [2.05, 4.69) is 33.0 Å². The first-order chi connectivity index (χ1) is 3.06. The second kappa shape index (κ2) is 2.31. The van der Waals surface area contributed by atoms with Crippen molar-refractivity contribution < 1.29 is 0 Å². The van der Waals surface area contributed by atoms with Gasteiger partial charge in [-0.3, -0.25) is 0 Å². The zero-order valence-electron chi connectivity index (χ0n) is 5.41. The predicted octanol–water partition coefficient (Wildman–Crippen LogP) is 1.21. The van der Waals surface area contributed by atoms with Crippen molar-refractivity contribution in [2.24, 2.45) is 0 Å². The van der Waals surface area contributed by atoms with Crippen LogP contribution in [0.3, 0.4) is 0 Å². The van der Waals surface area contributed by atoms with Crippen LogP contribution >= 0.6 is 0 Å². The molecule has 1 radical (unpaired) electrons. The van der Waals surface area contributed by atoms with E-state index in [1.165, 1.54) is 0 Å². The second-order valence-corrected chi connectivity index (χ2v) is 2.41. The summed E-state index contributed by atoms with van der Waals surface area (Å²) in [5, 5.41) is 3.17. The first kappa shape index (κ1) is 6.96. The smallest absolute Gasteiger partial charge is 0.0125 e. The maximum absolute atomic E-state index is 3.85. The maximum atomic E-state index is 3.85. The molecule has 1 heteroatoms. The molecule has 43 valence electrons. The van der Waals surface area contributed by atoms with Gasteiger partial charge < -0.3 is 5.32 Å². The molecule has 0 aromatic rings. The van der Waals surface area contributed by atoms with Crippen molar-refractivity contribution in [1.82, 2.24) is 5.32 Å². The summed E-state index contributed by atoms with van der Waals surface area (Å²) >= 11 is 0. The fraction of sp³-hybridized carbons (Fsp3) is 0.833. The number of hydrogen-bond acceptors (Lipinski definition) is 1. The Balaban J connectivity index is 3.15. The molecular weight excluding hydrogens is 86.1 g/mol. The van der Waals surface area contributed by atoms with E-state index in [4.69, 9.17) is 0 Å². The summed E-state index contributed by atoms with van der Waals surface area (Å²) in [5.74, 6) is 0. The molecule has 0 atom stereocenters. The highest BCUT2D eigenvalue weighted by molar-refractivity contribution is 4.78. The monoisotopic (exact) mass is 100 g/mol. The quantitative estimate of drug-likeness (QED) is 0.550. The minimum absolute atomic E-state index is 0.0503. The molecule has 1 nitrogen and oxygen atoms in total. The van der Waals surface area contributed by atoms with E-state index in [1.807, 2.05) is 0 Å². The molecule has 7 heavy (non-hydrogen) atoms. The lowest BCUT2D eigenvalue weighted by atomic mass is 10.1. The maximum Gasteiger partial charge on any atom is 0.0125 e. The van der Waals surface area contributed by atoms with Crippen LogP contribution in [-0.4, -0.2) is 12.1 Å². The lowest BCUT2D eigenvalue weighted by molar-refractivity contribution is 0.487. The Morgan fingerprint density at radius 2 is 2.00 bits per heavy atom. The highest BCUT2D eigenvalue weighted by atomic mass is 14.9. The van der Waals surface area contributed by atoms with Crippen LogP contribution in [0, 0.1) is 6.92 Å². The topological polar surface area (TPSA) is 12.0 Å². The van der Waals surface area contributed by atoms with Crippen LogP contribution < -0.4 is 5.32 Å². The van der Waals surface area contributed by atoms with Gasteiger partial charge in [0.15, 0.2) is 0 Å². The van der Waals surface area contributed by atoms with E-state index in [1.54, 1.807) is 0 Å². The third kappa shape index (κ3) is 5.96. The lowest BCUT2D eigenvalue weighted by Crippen LogP contribution is -2.35. The van der Waals surface area contributed by atoms with Gasteiger partial charge in [-0.1, -0.05) is 6.92 Å². The van der Waals surface area contributed by atoms with Crippen molar-refractivity contribution in [2.75, 3.05) is 6.54 Å². The van der Waals surface area contributed by atoms with Gasteiger partial charge in [-0.15, -0.1) is 0 Å². The number of hydrogen-bond donors (Lipinski definition) is 1. The van der Waals surface area contributed by atoms with Crippen LogP contribution in [0.4, 0.5) is 0 Å². The molecule has 0 aromatic carbocycles. The minimum Gasteiger partial charge on any atom is -0.312 e. The Morgan fingerprint density at radius 1 is 1.57 bits per heavy atom. The fourth-order valence-electron chi connectivity index (χ4n) is 0.479. The van der Waals surface area contributed by atoms with Crippen LogP contribution in [-0.2, 0) is 0 Å². The summed E-state index contributed by atoms with van der Waals surface area (Å²) in [5.41, 5.74) is 0.0503. The van der Waals surface area contributed by atoms with Gasteiger partial charge in [-0.25, -0.2) is 0 Å². The van der Waals surface area contributed by atoms with Gasteiger partial charge in [0.05, 0.1) is 0 Å². The van der Waals surface area contributed by atoms with E-state index < -0.39 is 0 Å². The lowest BCUT2D eigenvalue weighted by Gasteiger charge is -2.18. The molecule has 0 fully saturated rings. The van der Waals surface area contributed by atoms with E-state index >= 15 is 0 Å². The Bertz CT molecular complexity index is 42.6. The summed E-state index contributed by atoms with van der Waals surface area (Å²) in [6.07, 6.45) is 0. The van der Waals surface area contributed by atoms with E-state index in [0.717, 1.165) is 6.54 Å². The molecule has 1 N–H and O–H groups in total.